The van der Waals surface area contributed by atoms with Gasteiger partial charge in [0.15, 0.2) is 0 Å². The monoisotopic (exact) mass is 272 g/mol. The van der Waals surface area contributed by atoms with Gasteiger partial charge in [-0.2, -0.15) is 0 Å². The van der Waals surface area contributed by atoms with Gasteiger partial charge in [0.25, 0.3) is 0 Å². The van der Waals surface area contributed by atoms with Gasteiger partial charge < -0.3 is 5.32 Å². The van der Waals surface area contributed by atoms with Crippen molar-refractivity contribution in [2.75, 3.05) is 7.05 Å². The van der Waals surface area contributed by atoms with Crippen LogP contribution in [0.2, 0.25) is 0 Å². The lowest BCUT2D eigenvalue weighted by Gasteiger charge is -2.01. The van der Waals surface area contributed by atoms with Gasteiger partial charge in [0.1, 0.15) is 0 Å². The predicted molar refractivity (Wildman–Crippen MR) is 81.5 cm³/mol. The molecule has 1 unspecified atom stereocenters. The van der Waals surface area contributed by atoms with Gasteiger partial charge in [0.2, 0.25) is 0 Å². The molecule has 1 aliphatic rings. The van der Waals surface area contributed by atoms with Gasteiger partial charge >= 0.3 is 0 Å². The first-order valence-electron chi connectivity index (χ1n) is 6.81. The molecule has 1 aromatic carbocycles. The largest absolute Gasteiger partial charge is 0.315 e. The minimum atomic E-state index is 0.447. The molecule has 2 aromatic rings. The van der Waals surface area contributed by atoms with Gasteiger partial charge in [0.05, 0.1) is 10.7 Å². The summed E-state index contributed by atoms with van der Waals surface area (Å²) < 4.78 is 0. The van der Waals surface area contributed by atoms with E-state index in [2.05, 4.69) is 49.5 Å². The van der Waals surface area contributed by atoms with Crippen molar-refractivity contribution >= 4 is 11.3 Å². The van der Waals surface area contributed by atoms with Crippen LogP contribution in [0.1, 0.15) is 36.1 Å². The number of aromatic nitrogens is 1. The van der Waals surface area contributed by atoms with Crippen molar-refractivity contribution in [3.8, 4) is 11.3 Å². The Morgan fingerprint density at radius 3 is 2.58 bits per heavy atom. The average molecular weight is 272 g/mol. The number of hydrogen-bond acceptors (Lipinski definition) is 3. The van der Waals surface area contributed by atoms with E-state index < -0.39 is 0 Å². The Labute approximate surface area is 118 Å². The predicted octanol–water partition coefficient (Wildman–Crippen LogP) is 4.04. The Hall–Kier alpha value is -1.19. The van der Waals surface area contributed by atoms with Crippen LogP contribution < -0.4 is 5.32 Å². The zero-order valence-corrected chi connectivity index (χ0v) is 12.6. The fourth-order valence-corrected chi connectivity index (χ4v) is 3.92. The molecule has 3 heteroatoms. The summed E-state index contributed by atoms with van der Waals surface area (Å²) in [7, 11) is 2.00. The van der Waals surface area contributed by atoms with Gasteiger partial charge in [-0.3, -0.25) is 0 Å². The topological polar surface area (TPSA) is 24.9 Å². The number of nitrogens with zero attached hydrogens (tertiary/aromatic N) is 1. The van der Waals surface area contributed by atoms with E-state index in [1.165, 1.54) is 21.9 Å². The van der Waals surface area contributed by atoms with E-state index in [9.17, 15) is 0 Å². The number of rotatable bonds is 4. The van der Waals surface area contributed by atoms with Crippen LogP contribution in [0, 0.1) is 5.41 Å². The molecule has 3 rings (SSSR count). The minimum absolute atomic E-state index is 0.447. The molecule has 0 bridgehead atoms. The fourth-order valence-electron chi connectivity index (χ4n) is 2.51. The quantitative estimate of drug-likeness (QED) is 0.908. The molecule has 1 fully saturated rings. The molecule has 0 spiro atoms. The Morgan fingerprint density at radius 2 is 2.00 bits per heavy atom. The molecule has 0 amide bonds. The minimum Gasteiger partial charge on any atom is -0.315 e. The van der Waals surface area contributed by atoms with Crippen LogP contribution in [0.25, 0.3) is 11.3 Å². The van der Waals surface area contributed by atoms with E-state index in [0.29, 0.717) is 11.3 Å². The van der Waals surface area contributed by atoms with E-state index in [1.54, 1.807) is 0 Å². The molecule has 2 nitrogen and oxygen atoms in total. The van der Waals surface area contributed by atoms with Crippen LogP contribution in [-0.4, -0.2) is 12.0 Å². The van der Waals surface area contributed by atoms with Crippen LogP contribution in [0.3, 0.4) is 0 Å². The second-order valence-corrected chi connectivity index (χ2v) is 7.08. The van der Waals surface area contributed by atoms with Crippen molar-refractivity contribution in [3.05, 3.63) is 40.2 Å². The number of thiazole rings is 1. The summed E-state index contributed by atoms with van der Waals surface area (Å²) >= 11 is 1.88. The van der Waals surface area contributed by atoms with Crippen LogP contribution >= 0.6 is 11.3 Å². The molecule has 0 saturated heterocycles. The van der Waals surface area contributed by atoms with E-state index in [0.717, 1.165) is 12.2 Å². The highest BCUT2D eigenvalue weighted by Gasteiger charge is 2.48. The van der Waals surface area contributed by atoms with Crippen molar-refractivity contribution in [3.63, 3.8) is 0 Å². The Kier molecular flexibility index (Phi) is 3.19. The zero-order chi connectivity index (χ0) is 13.5. The summed E-state index contributed by atoms with van der Waals surface area (Å²) in [6, 6.07) is 10.5. The molecule has 100 valence electrons. The summed E-state index contributed by atoms with van der Waals surface area (Å²) in [5.74, 6) is 0.658. The van der Waals surface area contributed by atoms with Gasteiger partial charge in [-0.05, 0) is 18.9 Å². The van der Waals surface area contributed by atoms with Crippen LogP contribution in [0.15, 0.2) is 30.3 Å². The second kappa shape index (κ2) is 4.73. The summed E-state index contributed by atoms with van der Waals surface area (Å²) in [4.78, 5) is 6.29. The SMILES string of the molecule is CNCc1sc(C2CC2(C)C)nc1-c1ccccc1. The summed E-state index contributed by atoms with van der Waals surface area (Å²) in [6.07, 6.45) is 1.27. The van der Waals surface area contributed by atoms with Crippen LogP contribution in [0.5, 0.6) is 0 Å². The number of benzene rings is 1. The van der Waals surface area contributed by atoms with Crippen molar-refractivity contribution < 1.29 is 0 Å². The molecule has 1 atom stereocenters. The molecule has 1 aliphatic carbocycles. The fraction of sp³-hybridized carbons (Fsp3) is 0.438. The lowest BCUT2D eigenvalue weighted by molar-refractivity contribution is 0.620. The molecule has 0 radical (unpaired) electrons. The first kappa shape index (κ1) is 12.8. The Bertz CT molecular complexity index is 572. The maximum absolute atomic E-state index is 4.94. The van der Waals surface area contributed by atoms with Crippen molar-refractivity contribution in [2.45, 2.75) is 32.7 Å². The molecular weight excluding hydrogens is 252 g/mol. The lowest BCUT2D eigenvalue weighted by Crippen LogP contribution is -2.04. The first-order valence-corrected chi connectivity index (χ1v) is 7.63. The summed E-state index contributed by atoms with van der Waals surface area (Å²) in [5.41, 5.74) is 2.84. The van der Waals surface area contributed by atoms with E-state index in [4.69, 9.17) is 4.98 Å². The first-order chi connectivity index (χ1) is 9.12. The third-order valence-electron chi connectivity index (χ3n) is 3.91. The van der Waals surface area contributed by atoms with Crippen LogP contribution in [-0.2, 0) is 6.54 Å². The Morgan fingerprint density at radius 1 is 1.32 bits per heavy atom. The molecular formula is C16H20N2S. The smallest absolute Gasteiger partial charge is 0.0972 e. The lowest BCUT2D eigenvalue weighted by atomic mass is 10.1. The third-order valence-corrected chi connectivity index (χ3v) is 5.08. The summed E-state index contributed by atoms with van der Waals surface area (Å²) in [6.45, 7) is 5.56. The standard InChI is InChI=1S/C16H20N2S/c1-16(2)9-12(16)15-18-14(13(19-15)10-17-3)11-7-5-4-6-8-11/h4-8,12,17H,9-10H2,1-3H3. The van der Waals surface area contributed by atoms with Crippen LogP contribution in [0.4, 0.5) is 0 Å². The van der Waals surface area contributed by atoms with Gasteiger partial charge in [0, 0.05) is 22.9 Å². The van der Waals surface area contributed by atoms with Crippen molar-refractivity contribution in [1.82, 2.24) is 10.3 Å². The molecule has 1 heterocycles. The average Bonchev–Trinajstić information content (AvgIpc) is 2.86. The molecule has 1 N–H and O–H groups in total. The zero-order valence-electron chi connectivity index (χ0n) is 11.7. The Balaban J connectivity index is 1.99. The molecule has 19 heavy (non-hydrogen) atoms. The van der Waals surface area contributed by atoms with Gasteiger partial charge in [-0.25, -0.2) is 4.98 Å². The normalized spacial score (nSPS) is 20.5. The van der Waals surface area contributed by atoms with Crippen molar-refractivity contribution in [2.24, 2.45) is 5.41 Å². The third kappa shape index (κ3) is 2.45. The highest BCUT2D eigenvalue weighted by atomic mass is 32.1. The number of nitrogens with one attached hydrogen (secondary N) is 1. The maximum Gasteiger partial charge on any atom is 0.0972 e. The maximum atomic E-state index is 4.94. The van der Waals surface area contributed by atoms with E-state index in [1.807, 2.05) is 18.4 Å². The molecule has 1 aromatic heterocycles. The van der Waals surface area contributed by atoms with E-state index in [-0.39, 0.29) is 0 Å². The molecule has 1 saturated carbocycles. The van der Waals surface area contributed by atoms with E-state index >= 15 is 0 Å². The van der Waals surface area contributed by atoms with Crippen molar-refractivity contribution in [1.29, 1.82) is 0 Å². The second-order valence-electron chi connectivity index (χ2n) is 5.97. The highest BCUT2D eigenvalue weighted by molar-refractivity contribution is 7.12. The number of hydrogen-bond donors (Lipinski definition) is 1. The highest BCUT2D eigenvalue weighted by Crippen LogP contribution is 2.59. The van der Waals surface area contributed by atoms with Gasteiger partial charge in [-0.15, -0.1) is 11.3 Å². The van der Waals surface area contributed by atoms with Gasteiger partial charge in [-0.1, -0.05) is 44.2 Å². The molecule has 0 aliphatic heterocycles. The summed E-state index contributed by atoms with van der Waals surface area (Å²) in [5, 5.41) is 4.57.